The molecule has 7 heteroatoms. The summed E-state index contributed by atoms with van der Waals surface area (Å²) in [6.07, 6.45) is 1.84. The lowest BCUT2D eigenvalue weighted by molar-refractivity contribution is 0.0985. The SMILES string of the molecule is COc1ccc(S(=O)(=O)Nc2cccc(C(=O)N3CCCc4ccccc43)c2)cc1. The number of hydrogen-bond acceptors (Lipinski definition) is 4. The smallest absolute Gasteiger partial charge is 0.261 e. The Morgan fingerprint density at radius 1 is 1.00 bits per heavy atom. The van der Waals surface area contributed by atoms with E-state index >= 15 is 0 Å². The molecule has 154 valence electrons. The minimum Gasteiger partial charge on any atom is -0.497 e. The number of fused-ring (bicyclic) bond motifs is 1. The number of hydrogen-bond donors (Lipinski definition) is 1. The average Bonchev–Trinajstić information content (AvgIpc) is 2.78. The van der Waals surface area contributed by atoms with Crippen molar-refractivity contribution < 1.29 is 17.9 Å². The molecule has 1 amide bonds. The van der Waals surface area contributed by atoms with Gasteiger partial charge in [0.2, 0.25) is 0 Å². The first kappa shape index (κ1) is 20.0. The molecule has 0 bridgehead atoms. The van der Waals surface area contributed by atoms with E-state index in [9.17, 15) is 13.2 Å². The van der Waals surface area contributed by atoms with Gasteiger partial charge < -0.3 is 9.64 Å². The van der Waals surface area contributed by atoms with Gasteiger partial charge in [-0.25, -0.2) is 8.42 Å². The van der Waals surface area contributed by atoms with Gasteiger partial charge in [0, 0.05) is 23.5 Å². The molecule has 0 spiro atoms. The second-order valence-electron chi connectivity index (χ2n) is 7.05. The first-order chi connectivity index (χ1) is 14.5. The molecule has 0 saturated heterocycles. The van der Waals surface area contributed by atoms with Crippen LogP contribution in [0, 0.1) is 0 Å². The normalized spacial score (nSPS) is 13.4. The van der Waals surface area contributed by atoms with Crippen molar-refractivity contribution >= 4 is 27.3 Å². The summed E-state index contributed by atoms with van der Waals surface area (Å²) >= 11 is 0. The predicted octanol–water partition coefficient (Wildman–Crippen LogP) is 4.09. The van der Waals surface area contributed by atoms with Gasteiger partial charge in [-0.1, -0.05) is 24.3 Å². The first-order valence-corrected chi connectivity index (χ1v) is 11.1. The van der Waals surface area contributed by atoms with Crippen LogP contribution in [0.3, 0.4) is 0 Å². The number of ether oxygens (including phenoxy) is 1. The van der Waals surface area contributed by atoms with Crippen LogP contribution in [0.2, 0.25) is 0 Å². The van der Waals surface area contributed by atoms with Crippen LogP contribution in [0.15, 0.2) is 77.7 Å². The number of para-hydroxylation sites is 1. The standard InChI is InChI=1S/C23H22N2O4S/c1-29-20-11-13-21(14-12-20)30(27,28)24-19-9-4-7-18(16-19)23(26)25-15-5-8-17-6-2-3-10-22(17)25/h2-4,6-7,9-14,16,24H,5,8,15H2,1H3. The molecule has 3 aromatic carbocycles. The van der Waals surface area contributed by atoms with E-state index in [1.807, 2.05) is 24.3 Å². The second-order valence-corrected chi connectivity index (χ2v) is 8.73. The number of carbonyl (C=O) groups is 1. The molecule has 30 heavy (non-hydrogen) atoms. The fraction of sp³-hybridized carbons (Fsp3) is 0.174. The van der Waals surface area contributed by atoms with Crippen molar-refractivity contribution in [1.82, 2.24) is 0 Å². The lowest BCUT2D eigenvalue weighted by Crippen LogP contribution is -2.35. The molecule has 0 fully saturated rings. The molecule has 0 saturated carbocycles. The number of carbonyl (C=O) groups excluding carboxylic acids is 1. The topological polar surface area (TPSA) is 75.7 Å². The molecule has 1 heterocycles. The fourth-order valence-electron chi connectivity index (χ4n) is 3.59. The highest BCUT2D eigenvalue weighted by atomic mass is 32.2. The van der Waals surface area contributed by atoms with Gasteiger partial charge in [-0.2, -0.15) is 0 Å². The number of benzene rings is 3. The summed E-state index contributed by atoms with van der Waals surface area (Å²) in [5, 5.41) is 0. The van der Waals surface area contributed by atoms with Crippen LogP contribution in [0.25, 0.3) is 0 Å². The van der Waals surface area contributed by atoms with E-state index in [0.717, 1.165) is 24.1 Å². The van der Waals surface area contributed by atoms with Gasteiger partial charge in [0.1, 0.15) is 5.75 Å². The lowest BCUT2D eigenvalue weighted by atomic mass is 10.0. The summed E-state index contributed by atoms with van der Waals surface area (Å²) in [5.74, 6) is 0.427. The van der Waals surface area contributed by atoms with Gasteiger partial charge in [0.05, 0.1) is 12.0 Å². The van der Waals surface area contributed by atoms with Crippen molar-refractivity contribution in [1.29, 1.82) is 0 Å². The fourth-order valence-corrected chi connectivity index (χ4v) is 4.63. The third kappa shape index (κ3) is 4.02. The quantitative estimate of drug-likeness (QED) is 0.672. The number of anilines is 2. The zero-order valence-corrected chi connectivity index (χ0v) is 17.4. The highest BCUT2D eigenvalue weighted by Crippen LogP contribution is 2.29. The maximum absolute atomic E-state index is 13.2. The van der Waals surface area contributed by atoms with Crippen LogP contribution >= 0.6 is 0 Å². The van der Waals surface area contributed by atoms with E-state index in [-0.39, 0.29) is 10.8 Å². The number of aryl methyl sites for hydroxylation is 1. The molecule has 0 unspecified atom stereocenters. The van der Waals surface area contributed by atoms with E-state index in [4.69, 9.17) is 4.74 Å². The first-order valence-electron chi connectivity index (χ1n) is 9.65. The molecule has 1 aliphatic heterocycles. The van der Waals surface area contributed by atoms with Gasteiger partial charge >= 0.3 is 0 Å². The molecular weight excluding hydrogens is 400 g/mol. The molecule has 0 aliphatic carbocycles. The Balaban J connectivity index is 1.58. The van der Waals surface area contributed by atoms with Gasteiger partial charge in [0.15, 0.2) is 0 Å². The molecular formula is C23H22N2O4S. The maximum Gasteiger partial charge on any atom is 0.261 e. The number of nitrogens with one attached hydrogen (secondary N) is 1. The molecule has 1 aliphatic rings. The Morgan fingerprint density at radius 2 is 1.77 bits per heavy atom. The van der Waals surface area contributed by atoms with Gasteiger partial charge in [0.25, 0.3) is 15.9 Å². The Labute approximate surface area is 176 Å². The van der Waals surface area contributed by atoms with Crippen LogP contribution in [0.4, 0.5) is 11.4 Å². The Bertz CT molecular complexity index is 1170. The molecule has 0 atom stereocenters. The summed E-state index contributed by atoms with van der Waals surface area (Å²) in [6, 6.07) is 20.6. The number of sulfonamides is 1. The van der Waals surface area contributed by atoms with Crippen molar-refractivity contribution in [2.24, 2.45) is 0 Å². The maximum atomic E-state index is 13.2. The Kier molecular flexibility index (Phi) is 5.46. The van der Waals surface area contributed by atoms with Crippen molar-refractivity contribution in [2.75, 3.05) is 23.3 Å². The Morgan fingerprint density at radius 3 is 2.53 bits per heavy atom. The molecule has 4 rings (SSSR count). The van der Waals surface area contributed by atoms with Crippen molar-refractivity contribution in [3.63, 3.8) is 0 Å². The number of rotatable bonds is 5. The highest BCUT2D eigenvalue weighted by molar-refractivity contribution is 7.92. The van der Waals surface area contributed by atoms with Crippen LogP contribution < -0.4 is 14.4 Å². The largest absolute Gasteiger partial charge is 0.497 e. The van der Waals surface area contributed by atoms with Gasteiger partial charge in [-0.05, 0) is 66.9 Å². The summed E-state index contributed by atoms with van der Waals surface area (Å²) in [6.45, 7) is 0.637. The van der Waals surface area contributed by atoms with E-state index < -0.39 is 10.0 Å². The van der Waals surface area contributed by atoms with Crippen molar-refractivity contribution in [3.8, 4) is 5.75 Å². The minimum absolute atomic E-state index is 0.116. The molecule has 6 nitrogen and oxygen atoms in total. The van der Waals surface area contributed by atoms with E-state index in [1.165, 1.54) is 19.2 Å². The van der Waals surface area contributed by atoms with E-state index in [0.29, 0.717) is 23.5 Å². The number of amides is 1. The second kappa shape index (κ2) is 8.20. The molecule has 3 aromatic rings. The molecule has 1 N–H and O–H groups in total. The average molecular weight is 423 g/mol. The molecule has 0 aromatic heterocycles. The number of methoxy groups -OCH3 is 1. The lowest BCUT2D eigenvalue weighted by Gasteiger charge is -2.29. The summed E-state index contributed by atoms with van der Waals surface area (Å²) in [5.41, 5.74) is 2.83. The summed E-state index contributed by atoms with van der Waals surface area (Å²) in [4.78, 5) is 15.0. The van der Waals surface area contributed by atoms with Crippen molar-refractivity contribution in [2.45, 2.75) is 17.7 Å². The summed E-state index contributed by atoms with van der Waals surface area (Å²) < 4.78 is 33.0. The minimum atomic E-state index is -3.78. The van der Waals surface area contributed by atoms with E-state index in [1.54, 1.807) is 41.3 Å². The van der Waals surface area contributed by atoms with Crippen LogP contribution in [0.1, 0.15) is 22.3 Å². The van der Waals surface area contributed by atoms with E-state index in [2.05, 4.69) is 4.72 Å². The third-order valence-corrected chi connectivity index (χ3v) is 6.48. The third-order valence-electron chi connectivity index (χ3n) is 5.09. The van der Waals surface area contributed by atoms with Crippen LogP contribution in [-0.4, -0.2) is 28.0 Å². The van der Waals surface area contributed by atoms with Gasteiger partial charge in [-0.3, -0.25) is 9.52 Å². The monoisotopic (exact) mass is 422 g/mol. The molecule has 0 radical (unpaired) electrons. The van der Waals surface area contributed by atoms with Gasteiger partial charge in [-0.15, -0.1) is 0 Å². The number of nitrogens with zero attached hydrogens (tertiary/aromatic N) is 1. The Hall–Kier alpha value is -3.32. The van der Waals surface area contributed by atoms with Crippen LogP contribution in [-0.2, 0) is 16.4 Å². The summed E-state index contributed by atoms with van der Waals surface area (Å²) in [7, 11) is -2.27. The van der Waals surface area contributed by atoms with Crippen molar-refractivity contribution in [3.05, 3.63) is 83.9 Å². The van der Waals surface area contributed by atoms with Crippen LogP contribution in [0.5, 0.6) is 5.75 Å². The zero-order chi connectivity index (χ0) is 21.1. The highest BCUT2D eigenvalue weighted by Gasteiger charge is 2.24. The zero-order valence-electron chi connectivity index (χ0n) is 16.5. The predicted molar refractivity (Wildman–Crippen MR) is 117 cm³/mol.